The van der Waals surface area contributed by atoms with Crippen molar-refractivity contribution in [3.8, 4) is 11.5 Å². The lowest BCUT2D eigenvalue weighted by atomic mass is 10.0. The Morgan fingerprint density at radius 2 is 1.87 bits per heavy atom. The minimum Gasteiger partial charge on any atom is -0.493 e. The summed E-state index contributed by atoms with van der Waals surface area (Å²) in [5, 5.41) is 7.02. The van der Waals surface area contributed by atoms with Gasteiger partial charge in [0.25, 0.3) is 0 Å². The van der Waals surface area contributed by atoms with Gasteiger partial charge < -0.3 is 20.1 Å². The highest BCUT2D eigenvalue weighted by molar-refractivity contribution is 5.80. The molecule has 168 valence electrons. The molecule has 0 spiro atoms. The van der Waals surface area contributed by atoms with E-state index in [9.17, 15) is 0 Å². The number of hydrogen-bond acceptors (Lipinski definition) is 4. The predicted octanol–water partition coefficient (Wildman–Crippen LogP) is 3.98. The summed E-state index contributed by atoms with van der Waals surface area (Å²) in [6, 6.07) is 17.7. The summed E-state index contributed by atoms with van der Waals surface area (Å²) in [5.41, 5.74) is 2.51. The molecule has 2 N–H and O–H groups in total. The minimum absolute atomic E-state index is 0.431. The molecule has 31 heavy (non-hydrogen) atoms. The molecule has 1 saturated heterocycles. The van der Waals surface area contributed by atoms with Crippen LogP contribution in [0.2, 0.25) is 0 Å². The van der Waals surface area contributed by atoms with E-state index in [0.717, 1.165) is 49.0 Å². The van der Waals surface area contributed by atoms with Crippen LogP contribution < -0.4 is 20.1 Å². The highest BCUT2D eigenvalue weighted by Gasteiger charge is 2.24. The first kappa shape index (κ1) is 22.9. The lowest BCUT2D eigenvalue weighted by molar-refractivity contribution is 0.158. The number of ether oxygens (including phenoxy) is 2. The van der Waals surface area contributed by atoms with Crippen LogP contribution in [0.4, 0.5) is 0 Å². The molecule has 1 fully saturated rings. The van der Waals surface area contributed by atoms with E-state index in [2.05, 4.69) is 57.8 Å². The number of aliphatic imine (C=N–C) groups is 1. The second kappa shape index (κ2) is 11.6. The lowest BCUT2D eigenvalue weighted by Crippen LogP contribution is -2.48. The van der Waals surface area contributed by atoms with Crippen molar-refractivity contribution in [3.05, 3.63) is 59.7 Å². The van der Waals surface area contributed by atoms with Crippen molar-refractivity contribution in [1.29, 1.82) is 0 Å². The Morgan fingerprint density at radius 3 is 2.52 bits per heavy atom. The monoisotopic (exact) mass is 424 g/mol. The largest absolute Gasteiger partial charge is 0.493 e. The second-order valence-corrected chi connectivity index (χ2v) is 7.89. The zero-order chi connectivity index (χ0) is 22.1. The van der Waals surface area contributed by atoms with Crippen molar-refractivity contribution >= 4 is 5.96 Å². The van der Waals surface area contributed by atoms with Gasteiger partial charge >= 0.3 is 0 Å². The summed E-state index contributed by atoms with van der Waals surface area (Å²) in [4.78, 5) is 6.98. The van der Waals surface area contributed by atoms with Gasteiger partial charge in [0, 0.05) is 38.8 Å². The lowest BCUT2D eigenvalue weighted by Gasteiger charge is -2.37. The second-order valence-electron chi connectivity index (χ2n) is 7.89. The van der Waals surface area contributed by atoms with Crippen LogP contribution in [0.25, 0.3) is 0 Å². The Balaban J connectivity index is 1.48. The number of hydrogen-bond donors (Lipinski definition) is 2. The number of nitrogens with one attached hydrogen (secondary N) is 2. The Bertz CT molecular complexity index is 833. The molecule has 0 aliphatic carbocycles. The quantitative estimate of drug-likeness (QED) is 0.496. The van der Waals surface area contributed by atoms with Crippen LogP contribution in [-0.4, -0.2) is 50.8 Å². The van der Waals surface area contributed by atoms with Crippen molar-refractivity contribution in [2.45, 2.75) is 45.3 Å². The fraction of sp³-hybridized carbons (Fsp3) is 0.480. The number of methoxy groups -OCH3 is 1. The van der Waals surface area contributed by atoms with E-state index in [1.807, 2.05) is 32.2 Å². The molecule has 6 nitrogen and oxygen atoms in total. The maximum absolute atomic E-state index is 5.68. The van der Waals surface area contributed by atoms with Gasteiger partial charge in [0.05, 0.1) is 13.7 Å². The van der Waals surface area contributed by atoms with Gasteiger partial charge in [-0.05, 0) is 49.9 Å². The highest BCUT2D eigenvalue weighted by atomic mass is 16.5. The van der Waals surface area contributed by atoms with Gasteiger partial charge in [0.15, 0.2) is 17.5 Å². The Morgan fingerprint density at radius 1 is 1.13 bits per heavy atom. The molecular formula is C25H36N4O2. The van der Waals surface area contributed by atoms with E-state index in [0.29, 0.717) is 25.2 Å². The first-order valence-corrected chi connectivity index (χ1v) is 11.2. The molecule has 0 bridgehead atoms. The smallest absolute Gasteiger partial charge is 0.191 e. The SMILES string of the molecule is CCOc1cc(CNC(=NC)NC2CCN(C(C)c3ccccc3)CC2)ccc1OC. The molecule has 1 heterocycles. The van der Waals surface area contributed by atoms with Crippen LogP contribution in [0, 0.1) is 0 Å². The molecule has 0 saturated carbocycles. The van der Waals surface area contributed by atoms with E-state index in [1.54, 1.807) is 7.11 Å². The summed E-state index contributed by atoms with van der Waals surface area (Å²) >= 11 is 0. The molecule has 2 aromatic rings. The zero-order valence-electron chi connectivity index (χ0n) is 19.2. The average molecular weight is 425 g/mol. The van der Waals surface area contributed by atoms with Crippen molar-refractivity contribution in [2.24, 2.45) is 4.99 Å². The molecule has 1 unspecified atom stereocenters. The van der Waals surface area contributed by atoms with Gasteiger partial charge in [-0.3, -0.25) is 9.89 Å². The molecule has 3 rings (SSSR count). The van der Waals surface area contributed by atoms with Gasteiger partial charge in [-0.25, -0.2) is 0 Å². The number of nitrogens with zero attached hydrogens (tertiary/aromatic N) is 2. The zero-order valence-corrected chi connectivity index (χ0v) is 19.2. The fourth-order valence-corrected chi connectivity index (χ4v) is 4.05. The molecule has 0 amide bonds. The maximum Gasteiger partial charge on any atom is 0.191 e. The number of piperidine rings is 1. The Kier molecular flexibility index (Phi) is 8.59. The van der Waals surface area contributed by atoms with Crippen LogP contribution in [0.15, 0.2) is 53.5 Å². The molecular weight excluding hydrogens is 388 g/mol. The minimum atomic E-state index is 0.431. The van der Waals surface area contributed by atoms with Crippen LogP contribution in [0.1, 0.15) is 43.9 Å². The first-order valence-electron chi connectivity index (χ1n) is 11.2. The van der Waals surface area contributed by atoms with Gasteiger partial charge in [-0.2, -0.15) is 0 Å². The fourth-order valence-electron chi connectivity index (χ4n) is 4.05. The van der Waals surface area contributed by atoms with E-state index in [1.165, 1.54) is 5.56 Å². The number of guanidine groups is 1. The van der Waals surface area contributed by atoms with Crippen molar-refractivity contribution in [1.82, 2.24) is 15.5 Å². The van der Waals surface area contributed by atoms with Crippen molar-refractivity contribution in [2.75, 3.05) is 33.9 Å². The number of rotatable bonds is 8. The van der Waals surface area contributed by atoms with Crippen molar-refractivity contribution in [3.63, 3.8) is 0 Å². The maximum atomic E-state index is 5.68. The Hall–Kier alpha value is -2.73. The Labute approximate surface area is 186 Å². The van der Waals surface area contributed by atoms with Gasteiger partial charge in [0.2, 0.25) is 0 Å². The standard InChI is InChI=1S/C25H36N4O2/c1-5-31-24-17-20(11-12-23(24)30-4)18-27-25(26-3)28-22-13-15-29(16-14-22)19(2)21-9-7-6-8-10-21/h6-12,17,19,22H,5,13-16,18H2,1-4H3,(H2,26,27,28). The predicted molar refractivity (Wildman–Crippen MR) is 127 cm³/mol. The summed E-state index contributed by atoms with van der Waals surface area (Å²) in [6.45, 7) is 7.73. The molecule has 0 radical (unpaired) electrons. The third-order valence-corrected chi connectivity index (χ3v) is 5.91. The number of benzene rings is 2. The third kappa shape index (κ3) is 6.37. The van der Waals surface area contributed by atoms with E-state index in [-0.39, 0.29) is 0 Å². The van der Waals surface area contributed by atoms with Crippen LogP contribution in [0.5, 0.6) is 11.5 Å². The van der Waals surface area contributed by atoms with E-state index >= 15 is 0 Å². The molecule has 1 aliphatic rings. The van der Waals surface area contributed by atoms with Crippen molar-refractivity contribution < 1.29 is 9.47 Å². The summed E-state index contributed by atoms with van der Waals surface area (Å²) in [5.74, 6) is 2.36. The summed E-state index contributed by atoms with van der Waals surface area (Å²) in [7, 11) is 3.48. The molecule has 2 aromatic carbocycles. The highest BCUT2D eigenvalue weighted by Crippen LogP contribution is 2.28. The topological polar surface area (TPSA) is 58.1 Å². The molecule has 1 atom stereocenters. The molecule has 6 heteroatoms. The van der Waals surface area contributed by atoms with Crippen LogP contribution >= 0.6 is 0 Å². The number of likely N-dealkylation sites (tertiary alicyclic amines) is 1. The third-order valence-electron chi connectivity index (χ3n) is 5.91. The average Bonchev–Trinajstić information content (AvgIpc) is 2.82. The summed E-state index contributed by atoms with van der Waals surface area (Å²) < 4.78 is 11.0. The molecule has 1 aliphatic heterocycles. The van der Waals surface area contributed by atoms with E-state index < -0.39 is 0 Å². The van der Waals surface area contributed by atoms with Crippen LogP contribution in [-0.2, 0) is 6.54 Å². The normalized spacial score (nSPS) is 16.6. The first-order chi connectivity index (χ1) is 15.1. The summed E-state index contributed by atoms with van der Waals surface area (Å²) in [6.07, 6.45) is 2.21. The van der Waals surface area contributed by atoms with Gasteiger partial charge in [-0.15, -0.1) is 0 Å². The van der Waals surface area contributed by atoms with Crippen LogP contribution in [0.3, 0.4) is 0 Å². The van der Waals surface area contributed by atoms with E-state index in [4.69, 9.17) is 9.47 Å². The molecule has 0 aromatic heterocycles. The van der Waals surface area contributed by atoms with Gasteiger partial charge in [-0.1, -0.05) is 36.4 Å². The van der Waals surface area contributed by atoms with Gasteiger partial charge in [0.1, 0.15) is 0 Å².